The van der Waals surface area contributed by atoms with Crippen LogP contribution in [-0.2, 0) is 0 Å². The van der Waals surface area contributed by atoms with E-state index in [1.165, 1.54) is 0 Å². The lowest BCUT2D eigenvalue weighted by molar-refractivity contribution is 0.247. The summed E-state index contributed by atoms with van der Waals surface area (Å²) in [4.78, 5) is 6.39. The van der Waals surface area contributed by atoms with E-state index < -0.39 is 0 Å². The number of pyridine rings is 1. The molecule has 6 nitrogen and oxygen atoms in total. The quantitative estimate of drug-likeness (QED) is 0.845. The number of benzene rings is 1. The smallest absolute Gasteiger partial charge is 0.203 e. The van der Waals surface area contributed by atoms with Crippen molar-refractivity contribution in [1.29, 1.82) is 0 Å². The third-order valence-electron chi connectivity index (χ3n) is 3.33. The molecule has 6 heteroatoms. The van der Waals surface area contributed by atoms with E-state index in [1.807, 2.05) is 38.4 Å². The van der Waals surface area contributed by atoms with E-state index >= 15 is 0 Å². The van der Waals surface area contributed by atoms with E-state index in [-0.39, 0.29) is 0 Å². The van der Waals surface area contributed by atoms with Crippen molar-refractivity contribution in [1.82, 2.24) is 9.88 Å². The van der Waals surface area contributed by atoms with Crippen LogP contribution >= 0.6 is 0 Å². The van der Waals surface area contributed by atoms with Crippen LogP contribution < -0.4 is 19.9 Å². The van der Waals surface area contributed by atoms with Crippen molar-refractivity contribution in [2.45, 2.75) is 0 Å². The van der Waals surface area contributed by atoms with E-state index in [2.05, 4.69) is 9.88 Å². The Kier molecular flexibility index (Phi) is 5.65. The second kappa shape index (κ2) is 7.69. The van der Waals surface area contributed by atoms with Gasteiger partial charge in [-0.25, -0.2) is 4.98 Å². The third kappa shape index (κ3) is 4.04. The number of likely N-dealkylation sites (N-methyl/N-ethyl adjacent to an activating group) is 1. The van der Waals surface area contributed by atoms with Crippen LogP contribution in [0.4, 0.5) is 5.82 Å². The molecule has 0 atom stereocenters. The molecule has 0 saturated heterocycles. The molecule has 0 aliphatic heterocycles. The van der Waals surface area contributed by atoms with Crippen molar-refractivity contribution < 1.29 is 14.2 Å². The molecule has 0 amide bonds. The van der Waals surface area contributed by atoms with Crippen LogP contribution in [0.1, 0.15) is 0 Å². The van der Waals surface area contributed by atoms with E-state index in [0.29, 0.717) is 29.7 Å². The molecule has 0 radical (unpaired) electrons. The summed E-state index contributed by atoms with van der Waals surface area (Å²) in [7, 11) is 7.18. The van der Waals surface area contributed by atoms with Gasteiger partial charge in [-0.15, -0.1) is 0 Å². The van der Waals surface area contributed by atoms with Crippen molar-refractivity contribution in [2.24, 2.45) is 0 Å². The first-order valence-electron chi connectivity index (χ1n) is 7.32. The summed E-state index contributed by atoms with van der Waals surface area (Å²) in [5.74, 6) is 2.22. The summed E-state index contributed by atoms with van der Waals surface area (Å²) < 4.78 is 16.8. The zero-order chi connectivity index (χ0) is 16.8. The van der Waals surface area contributed by atoms with Gasteiger partial charge in [0.2, 0.25) is 5.75 Å². The topological polar surface area (TPSA) is 69.8 Å². The van der Waals surface area contributed by atoms with Gasteiger partial charge in [0.25, 0.3) is 0 Å². The predicted molar refractivity (Wildman–Crippen MR) is 91.2 cm³/mol. The molecule has 124 valence electrons. The van der Waals surface area contributed by atoms with Gasteiger partial charge in [-0.3, -0.25) is 0 Å². The molecule has 1 heterocycles. The summed E-state index contributed by atoms with van der Waals surface area (Å²) in [6, 6.07) is 9.22. The molecular formula is C17H23N3O3. The van der Waals surface area contributed by atoms with Crippen molar-refractivity contribution >= 4 is 5.82 Å². The number of nitrogens with two attached hydrogens (primary N) is 1. The molecule has 0 bridgehead atoms. The minimum Gasteiger partial charge on any atom is -0.492 e. The first kappa shape index (κ1) is 16.9. The van der Waals surface area contributed by atoms with E-state index in [1.54, 1.807) is 20.3 Å². The molecular weight excluding hydrogens is 294 g/mol. The van der Waals surface area contributed by atoms with Gasteiger partial charge < -0.3 is 24.8 Å². The van der Waals surface area contributed by atoms with Gasteiger partial charge in [-0.2, -0.15) is 0 Å². The monoisotopic (exact) mass is 317 g/mol. The maximum absolute atomic E-state index is 5.80. The standard InChI is InChI=1S/C17H23N3O3/c1-20(2)10-11-23-14-9-8-12(16(21-3)17(14)22-4)13-6-5-7-15(18)19-13/h5-9H,10-11H2,1-4H3,(H2,18,19). The summed E-state index contributed by atoms with van der Waals surface area (Å²) in [6.45, 7) is 1.37. The van der Waals surface area contributed by atoms with Crippen molar-refractivity contribution in [3.05, 3.63) is 30.3 Å². The summed E-state index contributed by atoms with van der Waals surface area (Å²) >= 11 is 0. The number of nitrogen functional groups attached to an aromatic ring is 1. The van der Waals surface area contributed by atoms with Crippen LogP contribution in [-0.4, -0.2) is 51.4 Å². The van der Waals surface area contributed by atoms with Crippen LogP contribution in [0.2, 0.25) is 0 Å². The van der Waals surface area contributed by atoms with E-state index in [4.69, 9.17) is 19.9 Å². The Morgan fingerprint density at radius 3 is 2.39 bits per heavy atom. The largest absolute Gasteiger partial charge is 0.492 e. The SMILES string of the molecule is COc1c(OCCN(C)C)ccc(-c2cccc(N)n2)c1OC. The molecule has 2 rings (SSSR count). The molecule has 23 heavy (non-hydrogen) atoms. The molecule has 0 spiro atoms. The molecule has 0 saturated carbocycles. The van der Waals surface area contributed by atoms with Gasteiger partial charge in [0.1, 0.15) is 12.4 Å². The third-order valence-corrected chi connectivity index (χ3v) is 3.33. The normalized spacial score (nSPS) is 10.7. The van der Waals surface area contributed by atoms with E-state index in [0.717, 1.165) is 17.8 Å². The number of methoxy groups -OCH3 is 2. The van der Waals surface area contributed by atoms with Gasteiger partial charge in [0, 0.05) is 12.1 Å². The van der Waals surface area contributed by atoms with Crippen molar-refractivity contribution in [3.63, 3.8) is 0 Å². The predicted octanol–water partition coefficient (Wildman–Crippen LogP) is 2.29. The number of aromatic nitrogens is 1. The first-order valence-corrected chi connectivity index (χ1v) is 7.32. The Hall–Kier alpha value is -2.47. The van der Waals surface area contributed by atoms with Gasteiger partial charge in [-0.05, 0) is 38.4 Å². The van der Waals surface area contributed by atoms with Crippen LogP contribution in [0.15, 0.2) is 30.3 Å². The zero-order valence-corrected chi connectivity index (χ0v) is 14.0. The van der Waals surface area contributed by atoms with Crippen LogP contribution in [0.25, 0.3) is 11.3 Å². The molecule has 2 N–H and O–H groups in total. The maximum atomic E-state index is 5.80. The van der Waals surface area contributed by atoms with Gasteiger partial charge in [0.05, 0.1) is 19.9 Å². The first-order chi connectivity index (χ1) is 11.1. The Morgan fingerprint density at radius 2 is 1.78 bits per heavy atom. The van der Waals surface area contributed by atoms with Crippen molar-refractivity contribution in [2.75, 3.05) is 47.2 Å². The van der Waals surface area contributed by atoms with Gasteiger partial charge in [0.15, 0.2) is 11.5 Å². The highest BCUT2D eigenvalue weighted by Gasteiger charge is 2.18. The zero-order valence-electron chi connectivity index (χ0n) is 14.0. The average molecular weight is 317 g/mol. The van der Waals surface area contributed by atoms with Gasteiger partial charge in [-0.1, -0.05) is 6.07 Å². The summed E-state index contributed by atoms with van der Waals surface area (Å²) in [5.41, 5.74) is 7.29. The second-order valence-electron chi connectivity index (χ2n) is 5.28. The van der Waals surface area contributed by atoms with Crippen LogP contribution in [0.3, 0.4) is 0 Å². The Morgan fingerprint density at radius 1 is 1.04 bits per heavy atom. The van der Waals surface area contributed by atoms with Crippen molar-refractivity contribution in [3.8, 4) is 28.5 Å². The number of nitrogens with zero attached hydrogens (tertiary/aromatic N) is 2. The number of anilines is 1. The van der Waals surface area contributed by atoms with Crippen LogP contribution in [0.5, 0.6) is 17.2 Å². The number of ether oxygens (including phenoxy) is 3. The minimum atomic E-state index is 0.454. The summed E-state index contributed by atoms with van der Waals surface area (Å²) in [5, 5.41) is 0. The number of hydrogen-bond donors (Lipinski definition) is 1. The van der Waals surface area contributed by atoms with E-state index in [9.17, 15) is 0 Å². The lowest BCUT2D eigenvalue weighted by Crippen LogP contribution is -2.19. The lowest BCUT2D eigenvalue weighted by Gasteiger charge is -2.17. The Labute approximate surface area is 136 Å². The molecule has 0 aliphatic carbocycles. The molecule has 0 unspecified atom stereocenters. The highest BCUT2D eigenvalue weighted by molar-refractivity contribution is 5.74. The Bertz CT molecular complexity index is 660. The Balaban J connectivity index is 2.38. The highest BCUT2D eigenvalue weighted by Crippen LogP contribution is 2.43. The fourth-order valence-electron chi connectivity index (χ4n) is 2.20. The fraction of sp³-hybridized carbons (Fsp3) is 0.353. The number of hydrogen-bond acceptors (Lipinski definition) is 6. The number of rotatable bonds is 7. The fourth-order valence-corrected chi connectivity index (χ4v) is 2.20. The molecule has 0 fully saturated rings. The molecule has 2 aromatic rings. The van der Waals surface area contributed by atoms with Crippen LogP contribution in [0, 0.1) is 0 Å². The minimum absolute atomic E-state index is 0.454. The highest BCUT2D eigenvalue weighted by atomic mass is 16.5. The summed E-state index contributed by atoms with van der Waals surface area (Å²) in [6.07, 6.45) is 0. The van der Waals surface area contributed by atoms with Gasteiger partial charge >= 0.3 is 0 Å². The average Bonchev–Trinajstić information content (AvgIpc) is 2.53. The maximum Gasteiger partial charge on any atom is 0.203 e. The molecule has 1 aromatic carbocycles. The molecule has 1 aromatic heterocycles. The second-order valence-corrected chi connectivity index (χ2v) is 5.28. The molecule has 0 aliphatic rings. The lowest BCUT2D eigenvalue weighted by atomic mass is 10.1.